The molecule has 1 heterocycles. The molecule has 1 aromatic carbocycles. The van der Waals surface area contributed by atoms with Crippen molar-refractivity contribution in [2.45, 2.75) is 6.10 Å². The first kappa shape index (κ1) is 10.6. The second-order valence-corrected chi connectivity index (χ2v) is 3.36. The lowest BCUT2D eigenvalue weighted by Gasteiger charge is -2.06. The normalized spacial score (nSPS) is 17.9. The van der Waals surface area contributed by atoms with Crippen LogP contribution in [0.4, 0.5) is 5.69 Å². The number of nitro benzene ring substituents is 1. The number of nitrogens with zero attached hydrogens (tertiary/aromatic N) is 1. The molecule has 0 aromatic heterocycles. The first-order valence-electron chi connectivity index (χ1n) is 4.68. The molecule has 1 atom stereocenters. The molecule has 16 heavy (non-hydrogen) atoms. The molecule has 0 saturated carbocycles. The standard InChI is InChI=1S/C10H9NO5/c12-4-7-1-2-8(11(13)14)3-10(7)16-6-9-5-15-9/h1-4,9H,5-6H2/t9-/m0/s1. The monoisotopic (exact) mass is 223 g/mol. The summed E-state index contributed by atoms with van der Waals surface area (Å²) in [6.07, 6.45) is 0.645. The van der Waals surface area contributed by atoms with E-state index in [-0.39, 0.29) is 17.5 Å². The highest BCUT2D eigenvalue weighted by Crippen LogP contribution is 2.24. The van der Waals surface area contributed by atoms with Gasteiger partial charge in [0.15, 0.2) is 6.29 Å². The van der Waals surface area contributed by atoms with Crippen LogP contribution in [0.5, 0.6) is 5.75 Å². The van der Waals surface area contributed by atoms with Crippen LogP contribution in [0.25, 0.3) is 0 Å². The minimum absolute atomic E-state index is 0.0405. The van der Waals surface area contributed by atoms with Crippen molar-refractivity contribution in [3.05, 3.63) is 33.9 Å². The Hall–Kier alpha value is -1.95. The molecular formula is C10H9NO5. The number of nitro groups is 1. The Morgan fingerprint density at radius 2 is 2.38 bits per heavy atom. The topological polar surface area (TPSA) is 82.0 Å². The van der Waals surface area contributed by atoms with Crippen molar-refractivity contribution in [3.8, 4) is 5.75 Å². The number of epoxide rings is 1. The Kier molecular flexibility index (Phi) is 2.82. The van der Waals surface area contributed by atoms with E-state index in [1.807, 2.05) is 0 Å². The zero-order valence-electron chi connectivity index (χ0n) is 8.29. The number of carbonyl (C=O) groups is 1. The zero-order chi connectivity index (χ0) is 11.5. The first-order chi connectivity index (χ1) is 7.70. The fourth-order valence-electron chi connectivity index (χ4n) is 1.21. The summed E-state index contributed by atoms with van der Waals surface area (Å²) in [7, 11) is 0. The highest BCUT2D eigenvalue weighted by Gasteiger charge is 2.24. The third kappa shape index (κ3) is 2.34. The molecule has 0 amide bonds. The van der Waals surface area contributed by atoms with Crippen molar-refractivity contribution in [1.29, 1.82) is 0 Å². The summed E-state index contributed by atoms with van der Waals surface area (Å²) in [6.45, 7) is 0.938. The molecule has 0 radical (unpaired) electrons. The van der Waals surface area contributed by atoms with Crippen molar-refractivity contribution in [2.75, 3.05) is 13.2 Å². The lowest BCUT2D eigenvalue weighted by Crippen LogP contribution is -2.06. The lowest BCUT2D eigenvalue weighted by atomic mass is 10.2. The average molecular weight is 223 g/mol. The molecule has 6 nitrogen and oxygen atoms in total. The van der Waals surface area contributed by atoms with E-state index in [0.29, 0.717) is 25.1 Å². The highest BCUT2D eigenvalue weighted by molar-refractivity contribution is 5.80. The molecule has 1 saturated heterocycles. The molecule has 0 bridgehead atoms. The van der Waals surface area contributed by atoms with Gasteiger partial charge < -0.3 is 9.47 Å². The van der Waals surface area contributed by atoms with Gasteiger partial charge in [0.25, 0.3) is 5.69 Å². The number of hydrogen-bond donors (Lipinski definition) is 0. The second-order valence-electron chi connectivity index (χ2n) is 3.36. The Bertz CT molecular complexity index is 427. The third-order valence-corrected chi connectivity index (χ3v) is 2.16. The van der Waals surface area contributed by atoms with Gasteiger partial charge in [-0.2, -0.15) is 0 Å². The summed E-state index contributed by atoms with van der Waals surface area (Å²) in [5.74, 6) is 0.222. The van der Waals surface area contributed by atoms with Crippen LogP contribution in [0.2, 0.25) is 0 Å². The summed E-state index contributed by atoms with van der Waals surface area (Å²) in [5.41, 5.74) is 0.198. The summed E-state index contributed by atoms with van der Waals surface area (Å²) in [4.78, 5) is 20.7. The van der Waals surface area contributed by atoms with Gasteiger partial charge in [-0.25, -0.2) is 0 Å². The van der Waals surface area contributed by atoms with E-state index in [9.17, 15) is 14.9 Å². The van der Waals surface area contributed by atoms with Crippen LogP contribution in [0.3, 0.4) is 0 Å². The predicted octanol–water partition coefficient (Wildman–Crippen LogP) is 1.18. The van der Waals surface area contributed by atoms with Crippen molar-refractivity contribution in [3.63, 3.8) is 0 Å². The lowest BCUT2D eigenvalue weighted by molar-refractivity contribution is -0.384. The van der Waals surface area contributed by atoms with Gasteiger partial charge in [0.1, 0.15) is 18.5 Å². The number of aldehydes is 1. The largest absolute Gasteiger partial charge is 0.490 e. The SMILES string of the molecule is O=Cc1ccc([N+](=O)[O-])cc1OC[C@@H]1CO1. The van der Waals surface area contributed by atoms with Crippen LogP contribution in [-0.2, 0) is 4.74 Å². The van der Waals surface area contributed by atoms with E-state index in [1.165, 1.54) is 18.2 Å². The Labute approximate surface area is 90.9 Å². The first-order valence-corrected chi connectivity index (χ1v) is 4.68. The van der Waals surface area contributed by atoms with E-state index in [1.54, 1.807) is 0 Å². The molecule has 84 valence electrons. The zero-order valence-corrected chi connectivity index (χ0v) is 8.29. The molecule has 1 fully saturated rings. The number of rotatable bonds is 5. The molecule has 0 aliphatic carbocycles. The molecule has 0 N–H and O–H groups in total. The van der Waals surface area contributed by atoms with Gasteiger partial charge in [-0.1, -0.05) is 0 Å². The number of carbonyl (C=O) groups excluding carboxylic acids is 1. The Morgan fingerprint density at radius 3 is 2.94 bits per heavy atom. The average Bonchev–Trinajstić information content (AvgIpc) is 3.09. The van der Waals surface area contributed by atoms with E-state index in [0.717, 1.165) is 0 Å². The van der Waals surface area contributed by atoms with Crippen molar-refractivity contribution >= 4 is 12.0 Å². The molecule has 1 aliphatic rings. The minimum atomic E-state index is -0.533. The number of hydrogen-bond acceptors (Lipinski definition) is 5. The Balaban J connectivity index is 2.19. The molecule has 1 aromatic rings. The highest BCUT2D eigenvalue weighted by atomic mass is 16.6. The molecular weight excluding hydrogens is 214 g/mol. The van der Waals surface area contributed by atoms with Crippen LogP contribution in [-0.4, -0.2) is 30.5 Å². The van der Waals surface area contributed by atoms with Crippen LogP contribution in [0, 0.1) is 10.1 Å². The Morgan fingerprint density at radius 1 is 1.62 bits per heavy atom. The van der Waals surface area contributed by atoms with Gasteiger partial charge in [-0.05, 0) is 6.07 Å². The van der Waals surface area contributed by atoms with E-state index >= 15 is 0 Å². The molecule has 1 aliphatic heterocycles. The molecule has 6 heteroatoms. The summed E-state index contributed by atoms with van der Waals surface area (Å²) in [6, 6.07) is 3.88. The van der Waals surface area contributed by atoms with Gasteiger partial charge >= 0.3 is 0 Å². The van der Waals surface area contributed by atoms with Gasteiger partial charge in [0.2, 0.25) is 0 Å². The van der Waals surface area contributed by atoms with Gasteiger partial charge in [-0.3, -0.25) is 14.9 Å². The third-order valence-electron chi connectivity index (χ3n) is 2.16. The molecule has 2 rings (SSSR count). The number of non-ortho nitro benzene ring substituents is 1. The van der Waals surface area contributed by atoms with Crippen LogP contribution in [0.1, 0.15) is 10.4 Å². The fraction of sp³-hybridized carbons (Fsp3) is 0.300. The molecule has 0 unspecified atom stereocenters. The molecule has 0 spiro atoms. The van der Waals surface area contributed by atoms with Crippen molar-refractivity contribution < 1.29 is 19.2 Å². The maximum absolute atomic E-state index is 10.7. The quantitative estimate of drug-likeness (QED) is 0.324. The van der Waals surface area contributed by atoms with Gasteiger partial charge in [0, 0.05) is 6.07 Å². The van der Waals surface area contributed by atoms with Crippen LogP contribution in [0.15, 0.2) is 18.2 Å². The van der Waals surface area contributed by atoms with E-state index < -0.39 is 4.92 Å². The summed E-state index contributed by atoms with van der Waals surface area (Å²) >= 11 is 0. The van der Waals surface area contributed by atoms with Crippen molar-refractivity contribution in [1.82, 2.24) is 0 Å². The predicted molar refractivity (Wildman–Crippen MR) is 53.7 cm³/mol. The minimum Gasteiger partial charge on any atom is -0.490 e. The summed E-state index contributed by atoms with van der Waals surface area (Å²) in [5, 5.41) is 10.5. The van der Waals surface area contributed by atoms with Gasteiger partial charge in [0.05, 0.1) is 23.2 Å². The van der Waals surface area contributed by atoms with E-state index in [2.05, 4.69) is 0 Å². The maximum atomic E-state index is 10.7. The van der Waals surface area contributed by atoms with E-state index in [4.69, 9.17) is 9.47 Å². The number of ether oxygens (including phenoxy) is 2. The smallest absolute Gasteiger partial charge is 0.273 e. The number of benzene rings is 1. The fourth-order valence-corrected chi connectivity index (χ4v) is 1.21. The van der Waals surface area contributed by atoms with Gasteiger partial charge in [-0.15, -0.1) is 0 Å². The summed E-state index contributed by atoms with van der Waals surface area (Å²) < 4.78 is 10.2. The maximum Gasteiger partial charge on any atom is 0.273 e. The second kappa shape index (κ2) is 4.28. The van der Waals surface area contributed by atoms with Crippen molar-refractivity contribution in [2.24, 2.45) is 0 Å². The van der Waals surface area contributed by atoms with Crippen LogP contribution >= 0.6 is 0 Å². The van der Waals surface area contributed by atoms with Crippen LogP contribution < -0.4 is 4.74 Å².